The topological polar surface area (TPSA) is 33.3 Å². The quantitative estimate of drug-likeness (QED) is 0.603. The van der Waals surface area contributed by atoms with Gasteiger partial charge in [0, 0.05) is 25.7 Å². The van der Waals surface area contributed by atoms with Gasteiger partial charge in [0.15, 0.2) is 0 Å². The van der Waals surface area contributed by atoms with Crippen LogP contribution in [-0.4, -0.2) is 38.4 Å². The van der Waals surface area contributed by atoms with E-state index in [4.69, 9.17) is 4.74 Å². The minimum atomic E-state index is 0.375. The van der Waals surface area contributed by atoms with Crippen LogP contribution in [0.2, 0.25) is 0 Å². The summed E-state index contributed by atoms with van der Waals surface area (Å²) < 4.78 is 5.54. The molecule has 3 heteroatoms. The fourth-order valence-electron chi connectivity index (χ4n) is 1.51. The molecule has 0 amide bonds. The Morgan fingerprint density at radius 1 is 1.45 bits per heavy atom. The van der Waals surface area contributed by atoms with Crippen molar-refractivity contribution in [2.75, 3.05) is 26.2 Å². The molecule has 0 aliphatic carbocycles. The van der Waals surface area contributed by atoms with Crippen LogP contribution < -0.4 is 10.6 Å². The van der Waals surface area contributed by atoms with Gasteiger partial charge in [-0.15, -0.1) is 0 Å². The highest BCUT2D eigenvalue weighted by Gasteiger charge is 2.25. The van der Waals surface area contributed by atoms with E-state index < -0.39 is 0 Å². The Bertz CT molecular complexity index is 96.3. The second-order valence-electron chi connectivity index (χ2n) is 2.82. The van der Waals surface area contributed by atoms with Crippen molar-refractivity contribution >= 4 is 0 Å². The average Bonchev–Trinajstić information content (AvgIpc) is 2.39. The van der Waals surface area contributed by atoms with E-state index in [1.165, 1.54) is 0 Å². The molecule has 1 rings (SSSR count). The van der Waals surface area contributed by atoms with E-state index in [1.807, 2.05) is 6.92 Å². The smallest absolute Gasteiger partial charge is 0.0864 e. The summed E-state index contributed by atoms with van der Waals surface area (Å²) in [5.74, 6) is 0. The van der Waals surface area contributed by atoms with Gasteiger partial charge in [0.25, 0.3) is 0 Å². The lowest BCUT2D eigenvalue weighted by molar-refractivity contribution is 0.0591. The molecule has 1 aliphatic rings. The number of hydrogen-bond donors (Lipinski definition) is 2. The van der Waals surface area contributed by atoms with Crippen LogP contribution in [0, 0.1) is 0 Å². The van der Waals surface area contributed by atoms with Gasteiger partial charge in [-0.05, 0) is 13.5 Å². The minimum absolute atomic E-state index is 0.375. The van der Waals surface area contributed by atoms with Gasteiger partial charge in [0.1, 0.15) is 0 Å². The molecule has 0 aromatic heterocycles. The molecule has 0 aromatic rings. The van der Waals surface area contributed by atoms with Crippen molar-refractivity contribution in [2.45, 2.75) is 26.0 Å². The van der Waals surface area contributed by atoms with Crippen LogP contribution in [0.4, 0.5) is 0 Å². The number of likely N-dealkylation sites (N-methyl/N-ethyl adjacent to an activating group) is 1. The van der Waals surface area contributed by atoms with Gasteiger partial charge in [-0.25, -0.2) is 0 Å². The predicted octanol–water partition coefficient (Wildman–Crippen LogP) is -0.0272. The lowest BCUT2D eigenvalue weighted by Gasteiger charge is -2.18. The fourth-order valence-corrected chi connectivity index (χ4v) is 1.51. The highest BCUT2D eigenvalue weighted by atomic mass is 16.5. The Hall–Kier alpha value is -0.120. The molecule has 2 unspecified atom stereocenters. The maximum Gasteiger partial charge on any atom is 0.0864 e. The number of hydrogen-bond acceptors (Lipinski definition) is 3. The predicted molar refractivity (Wildman–Crippen MR) is 45.7 cm³/mol. The van der Waals surface area contributed by atoms with E-state index in [9.17, 15) is 0 Å². The molecule has 2 atom stereocenters. The van der Waals surface area contributed by atoms with E-state index in [-0.39, 0.29) is 0 Å². The largest absolute Gasteiger partial charge is 0.376 e. The van der Waals surface area contributed by atoms with Crippen molar-refractivity contribution in [2.24, 2.45) is 0 Å². The highest BCUT2D eigenvalue weighted by molar-refractivity contribution is 4.87. The van der Waals surface area contributed by atoms with E-state index >= 15 is 0 Å². The lowest BCUT2D eigenvalue weighted by Crippen LogP contribution is -2.40. The molecule has 0 bridgehead atoms. The third kappa shape index (κ3) is 2.43. The molecule has 2 N–H and O–H groups in total. The second kappa shape index (κ2) is 4.70. The molecule has 1 aliphatic heterocycles. The van der Waals surface area contributed by atoms with Gasteiger partial charge in [0.2, 0.25) is 0 Å². The van der Waals surface area contributed by atoms with Crippen LogP contribution >= 0.6 is 0 Å². The van der Waals surface area contributed by atoms with Crippen LogP contribution in [0.5, 0.6) is 0 Å². The Morgan fingerprint density at radius 2 is 2.27 bits per heavy atom. The molecular weight excluding hydrogens is 140 g/mol. The Labute approximate surface area is 68.5 Å². The van der Waals surface area contributed by atoms with Crippen LogP contribution in [0.25, 0.3) is 0 Å². The summed E-state index contributed by atoms with van der Waals surface area (Å²) >= 11 is 0. The Kier molecular flexibility index (Phi) is 3.83. The summed E-state index contributed by atoms with van der Waals surface area (Å²) in [6.45, 7) is 8.04. The zero-order chi connectivity index (χ0) is 8.10. The summed E-state index contributed by atoms with van der Waals surface area (Å²) in [4.78, 5) is 0. The van der Waals surface area contributed by atoms with Gasteiger partial charge >= 0.3 is 0 Å². The van der Waals surface area contributed by atoms with Crippen molar-refractivity contribution in [3.8, 4) is 0 Å². The first kappa shape index (κ1) is 8.97. The molecule has 1 heterocycles. The molecule has 3 nitrogen and oxygen atoms in total. The standard InChI is InChI=1S/C8H18N2O/c1-3-10-7-5-9-6-8(7)11-4-2/h7-10H,3-6H2,1-2H3. The lowest BCUT2D eigenvalue weighted by atomic mass is 10.2. The summed E-state index contributed by atoms with van der Waals surface area (Å²) in [5, 5.41) is 6.70. The number of nitrogens with one attached hydrogen (secondary N) is 2. The molecule has 0 spiro atoms. The number of rotatable bonds is 4. The van der Waals surface area contributed by atoms with E-state index in [2.05, 4.69) is 17.6 Å². The van der Waals surface area contributed by atoms with Crippen LogP contribution in [0.3, 0.4) is 0 Å². The Morgan fingerprint density at radius 3 is 2.91 bits per heavy atom. The molecule has 0 saturated carbocycles. The maximum atomic E-state index is 5.54. The molecule has 66 valence electrons. The van der Waals surface area contributed by atoms with Crippen molar-refractivity contribution < 1.29 is 4.74 Å². The zero-order valence-corrected chi connectivity index (χ0v) is 7.39. The fraction of sp³-hybridized carbons (Fsp3) is 1.00. The molecule has 1 saturated heterocycles. The SMILES string of the molecule is CCNC1CNCC1OCC. The van der Waals surface area contributed by atoms with Crippen LogP contribution in [0.15, 0.2) is 0 Å². The first-order valence-corrected chi connectivity index (χ1v) is 4.44. The van der Waals surface area contributed by atoms with Crippen LogP contribution in [-0.2, 0) is 4.74 Å². The van der Waals surface area contributed by atoms with Crippen molar-refractivity contribution in [1.82, 2.24) is 10.6 Å². The first-order chi connectivity index (χ1) is 5.38. The van der Waals surface area contributed by atoms with E-state index in [0.717, 1.165) is 26.2 Å². The average molecular weight is 158 g/mol. The summed E-state index contributed by atoms with van der Waals surface area (Å²) in [7, 11) is 0. The molecule has 0 radical (unpaired) electrons. The van der Waals surface area contributed by atoms with Gasteiger partial charge in [-0.3, -0.25) is 0 Å². The number of ether oxygens (including phenoxy) is 1. The van der Waals surface area contributed by atoms with Gasteiger partial charge < -0.3 is 15.4 Å². The normalized spacial score (nSPS) is 31.1. The second-order valence-corrected chi connectivity index (χ2v) is 2.82. The van der Waals surface area contributed by atoms with Gasteiger partial charge in [0.05, 0.1) is 6.10 Å². The van der Waals surface area contributed by atoms with E-state index in [0.29, 0.717) is 12.1 Å². The highest BCUT2D eigenvalue weighted by Crippen LogP contribution is 2.03. The van der Waals surface area contributed by atoms with Crippen molar-refractivity contribution in [3.63, 3.8) is 0 Å². The summed E-state index contributed by atoms with van der Waals surface area (Å²) in [6, 6.07) is 0.514. The molecule has 11 heavy (non-hydrogen) atoms. The summed E-state index contributed by atoms with van der Waals surface area (Å²) in [6.07, 6.45) is 0.375. The molecule has 1 fully saturated rings. The van der Waals surface area contributed by atoms with Gasteiger partial charge in [-0.2, -0.15) is 0 Å². The minimum Gasteiger partial charge on any atom is -0.376 e. The van der Waals surface area contributed by atoms with E-state index in [1.54, 1.807) is 0 Å². The van der Waals surface area contributed by atoms with Gasteiger partial charge in [-0.1, -0.05) is 6.92 Å². The Balaban J connectivity index is 2.25. The zero-order valence-electron chi connectivity index (χ0n) is 7.39. The maximum absolute atomic E-state index is 5.54. The summed E-state index contributed by atoms with van der Waals surface area (Å²) in [5.41, 5.74) is 0. The molecular formula is C8H18N2O. The first-order valence-electron chi connectivity index (χ1n) is 4.44. The van der Waals surface area contributed by atoms with Crippen molar-refractivity contribution in [3.05, 3.63) is 0 Å². The molecule has 0 aromatic carbocycles. The monoisotopic (exact) mass is 158 g/mol. The third-order valence-corrected chi connectivity index (χ3v) is 2.01. The van der Waals surface area contributed by atoms with Crippen molar-refractivity contribution in [1.29, 1.82) is 0 Å². The van der Waals surface area contributed by atoms with Crippen LogP contribution in [0.1, 0.15) is 13.8 Å². The third-order valence-electron chi connectivity index (χ3n) is 2.01.